The van der Waals surface area contributed by atoms with Crippen molar-refractivity contribution in [2.45, 2.75) is 25.9 Å². The molecule has 1 unspecified atom stereocenters. The van der Waals surface area contributed by atoms with Crippen molar-refractivity contribution in [3.63, 3.8) is 0 Å². The van der Waals surface area contributed by atoms with E-state index < -0.39 is 0 Å². The van der Waals surface area contributed by atoms with Crippen molar-refractivity contribution in [3.05, 3.63) is 51.9 Å². The predicted octanol–water partition coefficient (Wildman–Crippen LogP) is 4.49. The van der Waals surface area contributed by atoms with E-state index >= 15 is 0 Å². The average molecular weight is 320 g/mol. The Kier molecular flexibility index (Phi) is 4.58. The van der Waals surface area contributed by atoms with E-state index in [1.54, 1.807) is 11.3 Å². The highest BCUT2D eigenvalue weighted by Gasteiger charge is 2.17. The Labute approximate surface area is 133 Å². The first-order chi connectivity index (χ1) is 10.3. The maximum Gasteiger partial charge on any atom is 0.0958 e. The molecule has 0 aliphatic rings. The minimum atomic E-state index is 0.218. The highest BCUT2D eigenvalue weighted by Crippen LogP contribution is 2.30. The number of nitrogens with one attached hydrogen (secondary N) is 1. The van der Waals surface area contributed by atoms with Gasteiger partial charge in [0.25, 0.3) is 0 Å². The van der Waals surface area contributed by atoms with E-state index in [0.717, 1.165) is 35.6 Å². The zero-order chi connectivity index (χ0) is 14.7. The molecule has 0 aliphatic carbocycles. The number of thiophene rings is 1. The van der Waals surface area contributed by atoms with Crippen LogP contribution in [0.4, 0.5) is 0 Å². The molecule has 0 fully saturated rings. The summed E-state index contributed by atoms with van der Waals surface area (Å²) in [5.41, 5.74) is 2.19. The topological polar surface area (TPSA) is 29.9 Å². The van der Waals surface area contributed by atoms with Crippen LogP contribution in [0.1, 0.15) is 24.3 Å². The highest BCUT2D eigenvalue weighted by atomic mass is 35.5. The summed E-state index contributed by atoms with van der Waals surface area (Å²) < 4.78 is 2.19. The number of imidazole rings is 1. The Morgan fingerprint density at radius 3 is 2.95 bits per heavy atom. The molecule has 0 bridgehead atoms. The summed E-state index contributed by atoms with van der Waals surface area (Å²) in [7, 11) is 0. The van der Waals surface area contributed by atoms with Crippen molar-refractivity contribution in [2.24, 2.45) is 0 Å². The van der Waals surface area contributed by atoms with Gasteiger partial charge >= 0.3 is 0 Å². The van der Waals surface area contributed by atoms with Crippen LogP contribution < -0.4 is 5.32 Å². The lowest BCUT2D eigenvalue weighted by molar-refractivity contribution is 0.475. The van der Waals surface area contributed by atoms with Crippen LogP contribution in [0, 0.1) is 0 Å². The number of fused-ring (bicyclic) bond motifs is 1. The van der Waals surface area contributed by atoms with Crippen LogP contribution in [0.3, 0.4) is 0 Å². The maximum absolute atomic E-state index is 6.32. The Hall–Kier alpha value is -1.36. The molecule has 3 rings (SSSR count). The van der Waals surface area contributed by atoms with E-state index in [1.165, 1.54) is 4.88 Å². The van der Waals surface area contributed by atoms with Crippen LogP contribution in [0.15, 0.2) is 42.0 Å². The molecule has 0 spiro atoms. The fourth-order valence-electron chi connectivity index (χ4n) is 2.47. The summed E-state index contributed by atoms with van der Waals surface area (Å²) in [6.45, 7) is 3.99. The molecule has 1 atom stereocenters. The van der Waals surface area contributed by atoms with Gasteiger partial charge in [-0.2, -0.15) is 0 Å². The third-order valence-electron chi connectivity index (χ3n) is 3.51. The summed E-state index contributed by atoms with van der Waals surface area (Å²) >= 11 is 8.02. The Bertz CT molecular complexity index is 719. The molecule has 5 heteroatoms. The van der Waals surface area contributed by atoms with E-state index in [-0.39, 0.29) is 6.04 Å². The fourth-order valence-corrected chi connectivity index (χ4v) is 3.72. The molecule has 0 amide bonds. The normalized spacial score (nSPS) is 12.9. The molecule has 1 aromatic carbocycles. The van der Waals surface area contributed by atoms with Crippen molar-refractivity contribution in [2.75, 3.05) is 6.54 Å². The van der Waals surface area contributed by atoms with Gasteiger partial charge in [0.05, 0.1) is 28.4 Å². The predicted molar refractivity (Wildman–Crippen MR) is 90.1 cm³/mol. The molecule has 110 valence electrons. The van der Waals surface area contributed by atoms with Crippen LogP contribution in [-0.2, 0) is 6.54 Å². The van der Waals surface area contributed by atoms with Crippen LogP contribution in [-0.4, -0.2) is 16.1 Å². The fraction of sp³-hybridized carbons (Fsp3) is 0.312. The smallest absolute Gasteiger partial charge is 0.0958 e. The number of aromatic nitrogens is 2. The standard InChI is InChI=1S/C16H18ClN3S/c1-2-8-18-14(16-12(17)7-9-21-16)10-20-11-19-13-5-3-4-6-15(13)20/h3-7,9,11,14,18H,2,8,10H2,1H3. The molecule has 21 heavy (non-hydrogen) atoms. The lowest BCUT2D eigenvalue weighted by Gasteiger charge is -2.19. The van der Waals surface area contributed by atoms with Gasteiger partial charge in [-0.15, -0.1) is 11.3 Å². The second kappa shape index (κ2) is 6.60. The Morgan fingerprint density at radius 1 is 1.33 bits per heavy atom. The molecular weight excluding hydrogens is 302 g/mol. The number of hydrogen-bond acceptors (Lipinski definition) is 3. The quantitative estimate of drug-likeness (QED) is 0.725. The minimum Gasteiger partial charge on any atom is -0.329 e. The van der Waals surface area contributed by atoms with Gasteiger partial charge < -0.3 is 9.88 Å². The van der Waals surface area contributed by atoms with Gasteiger partial charge in [0, 0.05) is 11.4 Å². The Morgan fingerprint density at radius 2 is 2.19 bits per heavy atom. The van der Waals surface area contributed by atoms with E-state index in [9.17, 15) is 0 Å². The van der Waals surface area contributed by atoms with Crippen molar-refractivity contribution in [1.82, 2.24) is 14.9 Å². The number of halogens is 1. The summed E-state index contributed by atoms with van der Waals surface area (Å²) in [4.78, 5) is 5.66. The molecule has 0 saturated heterocycles. The van der Waals surface area contributed by atoms with Crippen molar-refractivity contribution < 1.29 is 0 Å². The molecule has 0 aliphatic heterocycles. The zero-order valence-corrected chi connectivity index (χ0v) is 13.5. The molecule has 0 radical (unpaired) electrons. The lowest BCUT2D eigenvalue weighted by Crippen LogP contribution is -2.25. The van der Waals surface area contributed by atoms with Gasteiger partial charge in [-0.05, 0) is 36.5 Å². The van der Waals surface area contributed by atoms with Gasteiger partial charge in [-0.3, -0.25) is 0 Å². The molecule has 0 saturated carbocycles. The summed E-state index contributed by atoms with van der Waals surface area (Å²) in [6.07, 6.45) is 3.01. The maximum atomic E-state index is 6.32. The van der Waals surface area contributed by atoms with Crippen molar-refractivity contribution in [3.8, 4) is 0 Å². The van der Waals surface area contributed by atoms with E-state index in [4.69, 9.17) is 11.6 Å². The third-order valence-corrected chi connectivity index (χ3v) is 4.98. The largest absolute Gasteiger partial charge is 0.329 e. The first-order valence-corrected chi connectivity index (χ1v) is 8.41. The second-order valence-corrected chi connectivity index (χ2v) is 6.38. The molecule has 2 heterocycles. The first-order valence-electron chi connectivity index (χ1n) is 7.15. The number of benzene rings is 1. The highest BCUT2D eigenvalue weighted by molar-refractivity contribution is 7.10. The zero-order valence-electron chi connectivity index (χ0n) is 11.9. The second-order valence-electron chi connectivity index (χ2n) is 5.03. The van der Waals surface area contributed by atoms with Crippen molar-refractivity contribution >= 4 is 34.0 Å². The Balaban J connectivity index is 1.89. The molecular formula is C16H18ClN3S. The monoisotopic (exact) mass is 319 g/mol. The van der Waals surface area contributed by atoms with Crippen LogP contribution >= 0.6 is 22.9 Å². The van der Waals surface area contributed by atoms with Gasteiger partial charge in [-0.25, -0.2) is 4.98 Å². The number of rotatable bonds is 6. The van der Waals surface area contributed by atoms with Gasteiger partial charge in [-0.1, -0.05) is 30.7 Å². The molecule has 1 N–H and O–H groups in total. The molecule has 2 aromatic heterocycles. The number of hydrogen-bond donors (Lipinski definition) is 1. The minimum absolute atomic E-state index is 0.218. The van der Waals surface area contributed by atoms with E-state index in [2.05, 4.69) is 27.9 Å². The third kappa shape index (κ3) is 3.12. The summed E-state index contributed by atoms with van der Waals surface area (Å²) in [5.74, 6) is 0. The van der Waals surface area contributed by atoms with E-state index in [1.807, 2.05) is 36.0 Å². The van der Waals surface area contributed by atoms with Gasteiger partial charge in [0.1, 0.15) is 0 Å². The van der Waals surface area contributed by atoms with Gasteiger partial charge in [0.2, 0.25) is 0 Å². The van der Waals surface area contributed by atoms with E-state index in [0.29, 0.717) is 0 Å². The molecule has 3 nitrogen and oxygen atoms in total. The SMILES string of the molecule is CCCNC(Cn1cnc2ccccc21)c1sccc1Cl. The van der Waals surface area contributed by atoms with Crippen molar-refractivity contribution in [1.29, 1.82) is 0 Å². The van der Waals surface area contributed by atoms with Gasteiger partial charge in [0.15, 0.2) is 0 Å². The summed E-state index contributed by atoms with van der Waals surface area (Å²) in [6, 6.07) is 10.4. The lowest BCUT2D eigenvalue weighted by atomic mass is 10.2. The molecule has 3 aromatic rings. The number of para-hydroxylation sites is 2. The first kappa shape index (κ1) is 14.6. The van der Waals surface area contributed by atoms with Crippen LogP contribution in [0.25, 0.3) is 11.0 Å². The summed E-state index contributed by atoms with van der Waals surface area (Å²) in [5, 5.41) is 6.48. The van der Waals surface area contributed by atoms with Crippen LogP contribution in [0.2, 0.25) is 5.02 Å². The van der Waals surface area contributed by atoms with Crippen LogP contribution in [0.5, 0.6) is 0 Å². The average Bonchev–Trinajstić information content (AvgIpc) is 3.10. The number of nitrogens with zero attached hydrogens (tertiary/aromatic N) is 2.